The maximum Gasteiger partial charge on any atom is 0.490 e. The lowest BCUT2D eigenvalue weighted by Gasteiger charge is -2.29. The van der Waals surface area contributed by atoms with E-state index in [1.54, 1.807) is 14.1 Å². The Hall–Kier alpha value is -1.31. The summed E-state index contributed by atoms with van der Waals surface area (Å²) in [5.74, 6) is -3.48. The number of nitrogens with zero attached hydrogens (tertiary/aromatic N) is 1. The molecule has 0 aromatic carbocycles. The van der Waals surface area contributed by atoms with Gasteiger partial charge in [-0.2, -0.15) is 13.2 Å². The average Bonchev–Trinajstić information content (AvgIpc) is 2.08. The van der Waals surface area contributed by atoms with Crippen molar-refractivity contribution in [2.24, 2.45) is 0 Å². The van der Waals surface area contributed by atoms with Crippen LogP contribution in [0.1, 0.15) is 6.42 Å². The van der Waals surface area contributed by atoms with Crippen molar-refractivity contribution in [2.75, 3.05) is 33.8 Å². The third-order valence-electron chi connectivity index (χ3n) is 1.93. The third kappa shape index (κ3) is 7.56. The number of quaternary nitrogens is 1. The molecule has 100 valence electrons. The molecule has 0 fully saturated rings. The molecular weight excluding hydrogens is 243 g/mol. The van der Waals surface area contributed by atoms with E-state index in [-0.39, 0.29) is 24.0 Å². The highest BCUT2D eigenvalue weighted by Crippen LogP contribution is 2.16. The molecule has 17 heavy (non-hydrogen) atoms. The number of halogens is 3. The number of hydrogen-bond acceptors (Lipinski definition) is 4. The van der Waals surface area contributed by atoms with Crippen LogP contribution in [-0.4, -0.2) is 56.4 Å². The Labute approximate surface area is 96.4 Å². The molecule has 0 unspecified atom stereocenters. The summed E-state index contributed by atoms with van der Waals surface area (Å²) in [6.07, 6.45) is -4.85. The molecule has 0 saturated carbocycles. The summed E-state index contributed by atoms with van der Waals surface area (Å²) in [6, 6.07) is 0. The van der Waals surface area contributed by atoms with Crippen LogP contribution < -0.4 is 5.11 Å². The second-order valence-electron chi connectivity index (χ2n) is 4.18. The summed E-state index contributed by atoms with van der Waals surface area (Å²) in [4.78, 5) is 20.6. The van der Waals surface area contributed by atoms with E-state index in [4.69, 9.17) is 0 Å². The van der Waals surface area contributed by atoms with Crippen molar-refractivity contribution >= 4 is 11.9 Å². The molecule has 0 aromatic rings. The van der Waals surface area contributed by atoms with E-state index in [9.17, 15) is 27.9 Å². The molecule has 0 radical (unpaired) electrons. The Morgan fingerprint density at radius 1 is 1.29 bits per heavy atom. The van der Waals surface area contributed by atoms with E-state index in [0.717, 1.165) is 0 Å². The number of likely N-dealkylation sites (N-methyl/N-ethyl adjacent to an activating group) is 1. The van der Waals surface area contributed by atoms with Crippen LogP contribution in [0.5, 0.6) is 0 Å². The zero-order chi connectivity index (χ0) is 13.7. The second kappa shape index (κ2) is 5.85. The Balaban J connectivity index is 3.86. The molecule has 0 amide bonds. The van der Waals surface area contributed by atoms with Gasteiger partial charge in [-0.1, -0.05) is 0 Å². The molecule has 8 heteroatoms. The molecule has 5 nitrogen and oxygen atoms in total. The van der Waals surface area contributed by atoms with Gasteiger partial charge >= 0.3 is 12.1 Å². The molecule has 0 aliphatic carbocycles. The fourth-order valence-electron chi connectivity index (χ4n) is 1.17. The Bertz CT molecular complexity index is 288. The number of alkyl halides is 3. The van der Waals surface area contributed by atoms with Crippen molar-refractivity contribution in [3.05, 3.63) is 0 Å². The monoisotopic (exact) mass is 257 g/mol. The number of aliphatic carboxylic acids is 1. The molecule has 0 rings (SSSR count). The first-order valence-electron chi connectivity index (χ1n) is 4.80. The predicted molar refractivity (Wildman–Crippen MR) is 48.5 cm³/mol. The number of carboxylic acid groups (broad SMARTS) is 1. The predicted octanol–water partition coefficient (Wildman–Crippen LogP) is -0.692. The van der Waals surface area contributed by atoms with Gasteiger partial charge in [-0.05, 0) is 0 Å². The lowest BCUT2D eigenvalue weighted by molar-refractivity contribution is -0.885. The van der Waals surface area contributed by atoms with Gasteiger partial charge in [0.2, 0.25) is 0 Å². The first-order valence-corrected chi connectivity index (χ1v) is 4.80. The minimum Gasteiger partial charge on any atom is -0.544 e. The van der Waals surface area contributed by atoms with E-state index in [0.29, 0.717) is 0 Å². The van der Waals surface area contributed by atoms with Crippen LogP contribution in [0.2, 0.25) is 0 Å². The van der Waals surface area contributed by atoms with E-state index in [2.05, 4.69) is 4.74 Å². The smallest absolute Gasteiger partial charge is 0.490 e. The van der Waals surface area contributed by atoms with Crippen molar-refractivity contribution in [2.45, 2.75) is 12.6 Å². The van der Waals surface area contributed by atoms with E-state index in [1.165, 1.54) is 0 Å². The number of ether oxygens (including phenoxy) is 1. The number of rotatable bonds is 6. The maximum absolute atomic E-state index is 11.7. The van der Waals surface area contributed by atoms with E-state index < -0.39 is 24.7 Å². The first kappa shape index (κ1) is 15.7. The fourth-order valence-corrected chi connectivity index (χ4v) is 1.17. The van der Waals surface area contributed by atoms with Crippen molar-refractivity contribution in [3.63, 3.8) is 0 Å². The van der Waals surface area contributed by atoms with Crippen molar-refractivity contribution < 1.29 is 37.1 Å². The molecule has 0 aliphatic heterocycles. The molecule has 0 aromatic heterocycles. The molecule has 0 bridgehead atoms. The zero-order valence-corrected chi connectivity index (χ0v) is 9.54. The minimum absolute atomic E-state index is 0.0475. The topological polar surface area (TPSA) is 66.4 Å². The van der Waals surface area contributed by atoms with Crippen LogP contribution in [0.25, 0.3) is 0 Å². The van der Waals surface area contributed by atoms with Crippen LogP contribution in [0.4, 0.5) is 13.2 Å². The van der Waals surface area contributed by atoms with Crippen molar-refractivity contribution in [1.82, 2.24) is 0 Å². The lowest BCUT2D eigenvalue weighted by atomic mass is 10.3. The Kier molecular flexibility index (Phi) is 5.40. The minimum atomic E-state index is -4.99. The highest BCUT2D eigenvalue weighted by molar-refractivity contribution is 5.75. The summed E-state index contributed by atoms with van der Waals surface area (Å²) in [5, 5.41) is 10.3. The van der Waals surface area contributed by atoms with Gasteiger partial charge in [-0.3, -0.25) is 0 Å². The van der Waals surface area contributed by atoms with Crippen LogP contribution in [-0.2, 0) is 14.3 Å². The van der Waals surface area contributed by atoms with Gasteiger partial charge in [0.25, 0.3) is 0 Å². The normalized spacial score (nSPS) is 12.3. The quantitative estimate of drug-likeness (QED) is 0.359. The third-order valence-corrected chi connectivity index (χ3v) is 1.93. The zero-order valence-electron chi connectivity index (χ0n) is 9.54. The van der Waals surface area contributed by atoms with Gasteiger partial charge in [-0.15, -0.1) is 0 Å². The average molecular weight is 257 g/mol. The highest BCUT2D eigenvalue weighted by Gasteiger charge is 2.40. The summed E-state index contributed by atoms with van der Waals surface area (Å²) >= 11 is 0. The van der Waals surface area contributed by atoms with Gasteiger partial charge in [-0.25, -0.2) is 4.79 Å². The highest BCUT2D eigenvalue weighted by atomic mass is 19.4. The maximum atomic E-state index is 11.7. The number of carbonyl (C=O) groups is 2. The first-order chi connectivity index (χ1) is 7.54. The van der Waals surface area contributed by atoms with Crippen LogP contribution in [0, 0.1) is 0 Å². The van der Waals surface area contributed by atoms with Crippen LogP contribution in [0.15, 0.2) is 0 Å². The summed E-state index contributed by atoms with van der Waals surface area (Å²) in [7, 11) is 3.17. The van der Waals surface area contributed by atoms with Crippen molar-refractivity contribution in [1.29, 1.82) is 0 Å². The van der Waals surface area contributed by atoms with Crippen LogP contribution in [0.3, 0.4) is 0 Å². The Morgan fingerprint density at radius 2 is 1.82 bits per heavy atom. The largest absolute Gasteiger partial charge is 0.544 e. The number of esters is 1. The Morgan fingerprint density at radius 3 is 2.24 bits per heavy atom. The van der Waals surface area contributed by atoms with Crippen LogP contribution >= 0.6 is 0 Å². The fraction of sp³-hybridized carbons (Fsp3) is 0.778. The number of carboxylic acids is 1. The van der Waals surface area contributed by atoms with Gasteiger partial charge in [0.1, 0.15) is 6.54 Å². The summed E-state index contributed by atoms with van der Waals surface area (Å²) in [5.41, 5.74) is 0. The standard InChI is InChI=1S/C9H14F3NO4/c1-13(2,6-7(14)15)4-3-5-17-8(16)9(10,11)12/h3-6H2,1-2H3. The van der Waals surface area contributed by atoms with Gasteiger partial charge in [0.05, 0.1) is 33.2 Å². The second-order valence-corrected chi connectivity index (χ2v) is 4.18. The molecule has 0 aliphatic rings. The van der Waals surface area contributed by atoms with Crippen molar-refractivity contribution in [3.8, 4) is 0 Å². The molecule has 0 N–H and O–H groups in total. The molecule has 0 heterocycles. The van der Waals surface area contributed by atoms with Gasteiger partial charge in [0.15, 0.2) is 0 Å². The van der Waals surface area contributed by atoms with Gasteiger partial charge in [0, 0.05) is 6.42 Å². The van der Waals surface area contributed by atoms with E-state index in [1.807, 2.05) is 0 Å². The summed E-state index contributed by atoms with van der Waals surface area (Å²) in [6.45, 7) is -0.389. The van der Waals surface area contributed by atoms with E-state index >= 15 is 0 Å². The molecule has 0 atom stereocenters. The number of carbonyl (C=O) groups excluding carboxylic acids is 2. The van der Waals surface area contributed by atoms with Gasteiger partial charge < -0.3 is 19.1 Å². The molecular formula is C9H14F3NO4. The SMILES string of the molecule is C[N+](C)(CCCOC(=O)C(F)(F)F)CC(=O)[O-]. The summed E-state index contributed by atoms with van der Waals surface area (Å²) < 4.78 is 39.2. The molecule has 0 spiro atoms. The molecule has 0 saturated heterocycles. The number of hydrogen-bond donors (Lipinski definition) is 0. The lowest BCUT2D eigenvalue weighted by Crippen LogP contribution is -2.49.